The molecule has 9 nitrogen and oxygen atoms in total. The summed E-state index contributed by atoms with van der Waals surface area (Å²) in [7, 11) is -9.37. The first-order valence-corrected chi connectivity index (χ1v) is 22.3. The predicted molar refractivity (Wildman–Crippen MR) is 194 cm³/mol. The van der Waals surface area contributed by atoms with Crippen molar-refractivity contribution in [3.63, 3.8) is 0 Å². The maximum absolute atomic E-state index is 10.2. The second-order valence-corrected chi connectivity index (χ2v) is 14.9. The molecular weight excluding hydrogens is 685 g/mol. The van der Waals surface area contributed by atoms with Crippen molar-refractivity contribution in [1.29, 1.82) is 0 Å². The van der Waals surface area contributed by atoms with E-state index in [9.17, 15) is 8.42 Å². The fraction of sp³-hybridized carbons (Fsp3) is 1.00. The molecule has 2 N–H and O–H groups in total. The Bertz CT molecular complexity index is 699. The molecular formula is C36H77Na2O9PS. The number of hydrogen-bond donors (Lipinski definition) is 2. The second kappa shape index (κ2) is 49.9. The van der Waals surface area contributed by atoms with Crippen molar-refractivity contribution in [1.82, 2.24) is 0 Å². The van der Waals surface area contributed by atoms with Crippen molar-refractivity contribution >= 4 is 18.2 Å². The summed E-state index contributed by atoms with van der Waals surface area (Å²) in [4.78, 5) is 24.3. The van der Waals surface area contributed by atoms with Crippen LogP contribution in [-0.4, -0.2) is 37.7 Å². The molecule has 0 rings (SSSR count). The Hall–Kier alpha value is 1.94. The van der Waals surface area contributed by atoms with E-state index < -0.39 is 18.2 Å². The van der Waals surface area contributed by atoms with Crippen molar-refractivity contribution < 1.29 is 100 Å². The van der Waals surface area contributed by atoms with Crippen molar-refractivity contribution in [3.05, 3.63) is 0 Å². The van der Waals surface area contributed by atoms with Gasteiger partial charge in [-0.05, 0) is 19.3 Å². The van der Waals surface area contributed by atoms with Crippen LogP contribution in [0.1, 0.15) is 213 Å². The Morgan fingerprint density at radius 3 is 0.837 bits per heavy atom. The molecule has 0 fully saturated rings. The Kier molecular flexibility index (Phi) is 61.4. The van der Waals surface area contributed by atoms with E-state index in [2.05, 4.69) is 25.0 Å². The molecule has 0 aliphatic rings. The molecule has 0 radical (unpaired) electrons. The van der Waals surface area contributed by atoms with E-state index in [1.165, 1.54) is 173 Å². The number of phosphoric acid groups is 1. The van der Waals surface area contributed by atoms with E-state index in [1.54, 1.807) is 0 Å². The van der Waals surface area contributed by atoms with Gasteiger partial charge in [0.25, 0.3) is 0 Å². The summed E-state index contributed by atoms with van der Waals surface area (Å²) in [5.74, 6) is 0. The van der Waals surface area contributed by atoms with E-state index in [4.69, 9.17) is 28.5 Å². The van der Waals surface area contributed by atoms with Crippen molar-refractivity contribution in [3.8, 4) is 0 Å². The van der Waals surface area contributed by atoms with Gasteiger partial charge in [-0.25, -0.2) is 4.18 Å². The summed E-state index contributed by atoms with van der Waals surface area (Å²) >= 11 is 0. The van der Waals surface area contributed by atoms with Crippen LogP contribution in [0.4, 0.5) is 0 Å². The van der Waals surface area contributed by atoms with Crippen LogP contribution in [0.2, 0.25) is 0 Å². The van der Waals surface area contributed by atoms with Crippen LogP contribution >= 0.6 is 7.82 Å². The Balaban J connectivity index is -0.000000233. The van der Waals surface area contributed by atoms with Gasteiger partial charge >= 0.3 is 69.5 Å². The monoisotopic (exact) mass is 762 g/mol. The predicted octanol–water partition coefficient (Wildman–Crippen LogP) is 4.39. The minimum Gasteiger partial charge on any atom is -0.790 e. The first kappa shape index (κ1) is 60.2. The molecule has 49 heavy (non-hydrogen) atoms. The smallest absolute Gasteiger partial charge is 0.790 e. The third-order valence-electron chi connectivity index (χ3n) is 8.01. The van der Waals surface area contributed by atoms with Crippen molar-refractivity contribution in [2.24, 2.45) is 0 Å². The number of unbranched alkanes of at least 4 members (excludes halogenated alkanes) is 27. The summed E-state index contributed by atoms with van der Waals surface area (Å²) in [6.45, 7) is 8.88. The number of ether oxygens (including phenoxy) is 1. The quantitative estimate of drug-likeness (QED) is 0.0421. The summed E-state index contributed by atoms with van der Waals surface area (Å²) in [6.07, 6.45) is 40.0. The summed E-state index contributed by atoms with van der Waals surface area (Å²) < 4.78 is 47.4. The third-order valence-corrected chi connectivity index (χ3v) is 8.48. The third kappa shape index (κ3) is 79.7. The van der Waals surface area contributed by atoms with Crippen LogP contribution in [-0.2, 0) is 23.9 Å². The summed E-state index contributed by atoms with van der Waals surface area (Å²) in [6, 6.07) is 0. The van der Waals surface area contributed by atoms with Gasteiger partial charge < -0.3 is 24.0 Å². The average molecular weight is 763 g/mol. The van der Waals surface area contributed by atoms with Crippen molar-refractivity contribution in [2.45, 2.75) is 213 Å². The van der Waals surface area contributed by atoms with Crippen LogP contribution < -0.4 is 68.9 Å². The van der Waals surface area contributed by atoms with Crippen LogP contribution in [0.25, 0.3) is 0 Å². The number of rotatable bonds is 34. The standard InChI is InChI=1S/C24H50O.C12H26O4S.2Na.H3O4P/c1-3-5-7-9-11-13-15-17-19-21-23-25-24-22-20-18-16-14-12-10-8-6-4-2;1-2-3-4-5-6-7-8-9-10-11-12-16-17(13,14)15;;;1-5(2,3)4/h3-24H2,1-2H3;2-12H2,1H3,(H,13,14,15);;;(H3,1,2,3,4)/q;;2*+1;/p-2. The minimum atomic E-state index is -5.14. The van der Waals surface area contributed by atoms with Crippen molar-refractivity contribution in [2.75, 3.05) is 19.8 Å². The van der Waals surface area contributed by atoms with E-state index in [-0.39, 0.29) is 65.7 Å². The second-order valence-electron chi connectivity index (χ2n) is 12.9. The van der Waals surface area contributed by atoms with Gasteiger partial charge in [0, 0.05) is 13.2 Å². The van der Waals surface area contributed by atoms with E-state index in [1.807, 2.05) is 0 Å². The first-order valence-electron chi connectivity index (χ1n) is 19.4. The molecule has 0 spiro atoms. The van der Waals surface area contributed by atoms with Gasteiger partial charge in [0.1, 0.15) is 0 Å². The molecule has 0 amide bonds. The fourth-order valence-corrected chi connectivity index (χ4v) is 5.57. The molecule has 0 atom stereocenters. The van der Waals surface area contributed by atoms with E-state index in [0.717, 1.165) is 26.1 Å². The topological polar surface area (TPSA) is 156 Å². The maximum atomic E-state index is 10.2. The van der Waals surface area contributed by atoms with Gasteiger partial charge in [-0.15, -0.1) is 0 Å². The largest absolute Gasteiger partial charge is 1.00 e. The molecule has 0 saturated heterocycles. The van der Waals surface area contributed by atoms with Gasteiger partial charge in [0.05, 0.1) is 14.4 Å². The van der Waals surface area contributed by atoms with E-state index >= 15 is 0 Å². The molecule has 0 aliphatic heterocycles. The van der Waals surface area contributed by atoms with E-state index in [0.29, 0.717) is 6.42 Å². The van der Waals surface area contributed by atoms with Gasteiger partial charge in [-0.2, -0.15) is 8.42 Å². The normalized spacial score (nSPS) is 11.1. The summed E-state index contributed by atoms with van der Waals surface area (Å²) in [5, 5.41) is 0. The Labute approximate surface area is 348 Å². The maximum Gasteiger partial charge on any atom is 1.00 e. The molecule has 0 saturated carbocycles. The zero-order valence-corrected chi connectivity index (χ0v) is 38.7. The molecule has 0 heterocycles. The Morgan fingerprint density at radius 2 is 0.633 bits per heavy atom. The molecule has 0 aliphatic carbocycles. The first-order chi connectivity index (χ1) is 22.5. The van der Waals surface area contributed by atoms with Crippen LogP contribution in [0.3, 0.4) is 0 Å². The fourth-order valence-electron chi connectivity index (χ4n) is 5.24. The molecule has 288 valence electrons. The zero-order valence-electron chi connectivity index (χ0n) is 32.9. The zero-order chi connectivity index (χ0) is 35.7. The molecule has 0 bridgehead atoms. The van der Waals surface area contributed by atoms with Crippen LogP contribution in [0, 0.1) is 0 Å². The van der Waals surface area contributed by atoms with Crippen LogP contribution in [0.5, 0.6) is 0 Å². The van der Waals surface area contributed by atoms with Gasteiger partial charge in [0.2, 0.25) is 0 Å². The molecule has 0 aromatic heterocycles. The Morgan fingerprint density at radius 1 is 0.449 bits per heavy atom. The average Bonchev–Trinajstić information content (AvgIpc) is 2.99. The minimum absolute atomic E-state index is 0. The summed E-state index contributed by atoms with van der Waals surface area (Å²) in [5.41, 5.74) is 0. The number of hydrogen-bond acceptors (Lipinski definition) is 7. The van der Waals surface area contributed by atoms with Crippen LogP contribution in [0.15, 0.2) is 0 Å². The van der Waals surface area contributed by atoms with Gasteiger partial charge in [0.15, 0.2) is 0 Å². The SMILES string of the molecule is CCCCCCCCCCCCOCCCCCCCCCCCC.CCCCCCCCCCCCOS(=O)(=O)O.O=P([O-])([O-])O.[Na+].[Na+]. The van der Waals surface area contributed by atoms with Gasteiger partial charge in [-0.3, -0.25) is 4.55 Å². The van der Waals surface area contributed by atoms with Gasteiger partial charge in [-0.1, -0.05) is 194 Å². The molecule has 0 unspecified atom stereocenters. The molecule has 0 aromatic rings. The molecule has 13 heteroatoms. The molecule has 0 aromatic carbocycles.